The van der Waals surface area contributed by atoms with Crippen LogP contribution in [0.15, 0.2) is 48.5 Å². The van der Waals surface area contributed by atoms with Crippen molar-refractivity contribution >= 4 is 23.2 Å². The molecule has 0 aromatic heterocycles. The molecule has 5 nitrogen and oxygen atoms in total. The molecule has 3 aromatic carbocycles. The number of ketones is 2. The van der Waals surface area contributed by atoms with Gasteiger partial charge in [-0.15, -0.1) is 0 Å². The fourth-order valence-electron chi connectivity index (χ4n) is 3.42. The molecule has 2 N–H and O–H groups in total. The third kappa shape index (κ3) is 2.72. The lowest BCUT2D eigenvalue weighted by Crippen LogP contribution is -2.21. The average Bonchev–Trinajstić information content (AvgIpc) is 2.66. The van der Waals surface area contributed by atoms with E-state index in [2.05, 4.69) is 0 Å². The van der Waals surface area contributed by atoms with Gasteiger partial charge in [-0.05, 0) is 48.9 Å². The minimum absolute atomic E-state index is 0.0263. The maximum atomic E-state index is 13.0. The van der Waals surface area contributed by atoms with Crippen molar-refractivity contribution in [3.05, 3.63) is 75.8 Å². The molecule has 1 aliphatic rings. The molecule has 28 heavy (non-hydrogen) atoms. The van der Waals surface area contributed by atoms with Crippen LogP contribution in [0.2, 0.25) is 5.02 Å². The highest BCUT2D eigenvalue weighted by Crippen LogP contribution is 2.42. The van der Waals surface area contributed by atoms with Crippen LogP contribution in [0.4, 0.5) is 0 Å². The van der Waals surface area contributed by atoms with Crippen LogP contribution in [-0.4, -0.2) is 28.4 Å². The Labute approximate surface area is 165 Å². The van der Waals surface area contributed by atoms with Crippen LogP contribution in [0.3, 0.4) is 0 Å². The van der Waals surface area contributed by atoms with Gasteiger partial charge in [-0.3, -0.25) is 9.59 Å². The molecule has 0 amide bonds. The van der Waals surface area contributed by atoms with Crippen molar-refractivity contribution in [3.63, 3.8) is 0 Å². The van der Waals surface area contributed by atoms with E-state index >= 15 is 0 Å². The van der Waals surface area contributed by atoms with Gasteiger partial charge in [-0.25, -0.2) is 0 Å². The van der Waals surface area contributed by atoms with Crippen molar-refractivity contribution in [2.24, 2.45) is 0 Å². The fraction of sp³-hybridized carbons (Fsp3) is 0.0909. The van der Waals surface area contributed by atoms with Crippen LogP contribution in [0.1, 0.15) is 38.8 Å². The van der Waals surface area contributed by atoms with Crippen LogP contribution in [-0.2, 0) is 0 Å². The van der Waals surface area contributed by atoms with Gasteiger partial charge < -0.3 is 14.9 Å². The topological polar surface area (TPSA) is 83.8 Å². The summed E-state index contributed by atoms with van der Waals surface area (Å²) >= 11 is 5.93. The van der Waals surface area contributed by atoms with E-state index in [1.54, 1.807) is 30.3 Å². The molecule has 4 rings (SSSR count). The normalized spacial score (nSPS) is 12.5. The van der Waals surface area contributed by atoms with E-state index in [9.17, 15) is 19.8 Å². The van der Waals surface area contributed by atoms with Gasteiger partial charge in [0.1, 0.15) is 17.2 Å². The number of carbonyl (C=O) groups excluding carboxylic acids is 2. The Kier molecular flexibility index (Phi) is 4.32. The van der Waals surface area contributed by atoms with Gasteiger partial charge >= 0.3 is 0 Å². The summed E-state index contributed by atoms with van der Waals surface area (Å²) in [6.07, 6.45) is 0. The molecule has 0 saturated carbocycles. The summed E-state index contributed by atoms with van der Waals surface area (Å²) in [5, 5.41) is 21.0. The van der Waals surface area contributed by atoms with E-state index in [1.165, 1.54) is 18.2 Å². The summed E-state index contributed by atoms with van der Waals surface area (Å²) in [5.74, 6) is -1.05. The molecule has 0 saturated heterocycles. The zero-order chi connectivity index (χ0) is 20.0. The third-order valence-corrected chi connectivity index (χ3v) is 4.90. The standard InChI is InChI=1S/C22H15ClO5/c1-2-28-13-5-3-11(4-6-13)14-7-8-15-19(20(14)25)22(27)16-9-12(23)10-17(24)18(16)21(15)26/h3-10,24-25H,2H2,1H3. The van der Waals surface area contributed by atoms with Gasteiger partial charge in [0.05, 0.1) is 17.7 Å². The second-order valence-corrected chi connectivity index (χ2v) is 6.78. The Morgan fingerprint density at radius 2 is 1.50 bits per heavy atom. The summed E-state index contributed by atoms with van der Waals surface area (Å²) in [6.45, 7) is 2.42. The van der Waals surface area contributed by atoms with Crippen LogP contribution >= 0.6 is 11.6 Å². The van der Waals surface area contributed by atoms with Gasteiger partial charge in [0.25, 0.3) is 0 Å². The maximum Gasteiger partial charge on any atom is 0.198 e. The molecule has 3 aromatic rings. The molecule has 0 radical (unpaired) electrons. The van der Waals surface area contributed by atoms with Gasteiger partial charge in [0.2, 0.25) is 0 Å². The average molecular weight is 395 g/mol. The second kappa shape index (κ2) is 6.69. The van der Waals surface area contributed by atoms with Crippen molar-refractivity contribution in [1.82, 2.24) is 0 Å². The number of halogens is 1. The Morgan fingerprint density at radius 1 is 0.857 bits per heavy atom. The first-order valence-corrected chi connectivity index (χ1v) is 9.01. The highest BCUT2D eigenvalue weighted by molar-refractivity contribution is 6.34. The molecule has 0 heterocycles. The lowest BCUT2D eigenvalue weighted by molar-refractivity contribution is 0.0974. The van der Waals surface area contributed by atoms with Gasteiger partial charge in [0.15, 0.2) is 11.6 Å². The number of ether oxygens (including phenoxy) is 1. The van der Waals surface area contributed by atoms with E-state index in [0.717, 1.165) is 0 Å². The summed E-state index contributed by atoms with van der Waals surface area (Å²) in [7, 11) is 0. The van der Waals surface area contributed by atoms with Crippen molar-refractivity contribution in [2.45, 2.75) is 6.92 Å². The summed E-state index contributed by atoms with van der Waals surface area (Å²) in [4.78, 5) is 25.8. The van der Waals surface area contributed by atoms with E-state index in [0.29, 0.717) is 23.5 Å². The highest BCUT2D eigenvalue weighted by atomic mass is 35.5. The fourth-order valence-corrected chi connectivity index (χ4v) is 3.63. The number of fused-ring (bicyclic) bond motifs is 2. The zero-order valence-electron chi connectivity index (χ0n) is 14.8. The van der Waals surface area contributed by atoms with Crippen LogP contribution < -0.4 is 4.74 Å². The Morgan fingerprint density at radius 3 is 2.18 bits per heavy atom. The number of phenolic OH excluding ortho intramolecular Hbond substituents is 2. The first kappa shape index (κ1) is 18.1. The van der Waals surface area contributed by atoms with Crippen LogP contribution in [0, 0.1) is 0 Å². The number of hydrogen-bond donors (Lipinski definition) is 2. The number of aromatic hydroxyl groups is 2. The largest absolute Gasteiger partial charge is 0.507 e. The number of benzene rings is 3. The zero-order valence-corrected chi connectivity index (χ0v) is 15.6. The number of phenols is 2. The first-order valence-electron chi connectivity index (χ1n) is 8.63. The molecular weight excluding hydrogens is 380 g/mol. The highest BCUT2D eigenvalue weighted by Gasteiger charge is 2.35. The van der Waals surface area contributed by atoms with Crippen molar-refractivity contribution in [2.75, 3.05) is 6.61 Å². The molecule has 6 heteroatoms. The Bertz CT molecular complexity index is 1130. The second-order valence-electron chi connectivity index (χ2n) is 6.35. The van der Waals surface area contributed by atoms with Gasteiger partial charge in [0, 0.05) is 21.7 Å². The summed E-state index contributed by atoms with van der Waals surface area (Å²) in [5.41, 5.74) is 0.908. The van der Waals surface area contributed by atoms with Crippen LogP contribution in [0.5, 0.6) is 17.2 Å². The maximum absolute atomic E-state index is 13.0. The summed E-state index contributed by atoms with van der Waals surface area (Å²) in [6, 6.07) is 12.6. The quantitative estimate of drug-likeness (QED) is 0.531. The Hall–Kier alpha value is -3.31. The lowest BCUT2D eigenvalue weighted by Gasteiger charge is -2.21. The van der Waals surface area contributed by atoms with Gasteiger partial charge in [-0.2, -0.15) is 0 Å². The molecule has 0 spiro atoms. The lowest BCUT2D eigenvalue weighted by atomic mass is 9.81. The van der Waals surface area contributed by atoms with Crippen molar-refractivity contribution in [1.29, 1.82) is 0 Å². The van der Waals surface area contributed by atoms with Crippen molar-refractivity contribution < 1.29 is 24.5 Å². The molecule has 0 fully saturated rings. The van der Waals surface area contributed by atoms with E-state index in [-0.39, 0.29) is 38.8 Å². The number of carbonyl (C=O) groups is 2. The van der Waals surface area contributed by atoms with Crippen molar-refractivity contribution in [3.8, 4) is 28.4 Å². The SMILES string of the molecule is CCOc1ccc(-c2ccc3c(c2O)C(=O)c2cc(Cl)cc(O)c2C3=O)cc1. The molecular formula is C22H15ClO5. The predicted molar refractivity (Wildman–Crippen MR) is 105 cm³/mol. The molecule has 0 unspecified atom stereocenters. The third-order valence-electron chi connectivity index (χ3n) is 4.68. The first-order chi connectivity index (χ1) is 13.4. The van der Waals surface area contributed by atoms with E-state index < -0.39 is 11.6 Å². The molecule has 1 aliphatic carbocycles. The predicted octanol–water partition coefficient (Wildman–Crippen LogP) is 4.59. The van der Waals surface area contributed by atoms with E-state index in [4.69, 9.17) is 16.3 Å². The minimum atomic E-state index is -0.562. The van der Waals surface area contributed by atoms with Crippen LogP contribution in [0.25, 0.3) is 11.1 Å². The summed E-state index contributed by atoms with van der Waals surface area (Å²) < 4.78 is 5.41. The van der Waals surface area contributed by atoms with E-state index in [1.807, 2.05) is 6.92 Å². The minimum Gasteiger partial charge on any atom is -0.507 e. The Balaban J connectivity index is 1.87. The molecule has 0 bridgehead atoms. The van der Waals surface area contributed by atoms with Gasteiger partial charge in [-0.1, -0.05) is 23.7 Å². The smallest absolute Gasteiger partial charge is 0.198 e. The monoisotopic (exact) mass is 394 g/mol. The molecule has 140 valence electrons. The molecule has 0 atom stereocenters. The number of hydrogen-bond acceptors (Lipinski definition) is 5. The molecule has 0 aliphatic heterocycles. The number of rotatable bonds is 3.